The Hall–Kier alpha value is -3.29. The largest absolute Gasteiger partial charge is 0.450 e. The number of rotatable bonds is 3. The van der Waals surface area contributed by atoms with Gasteiger partial charge in [0.25, 0.3) is 17.5 Å². The van der Waals surface area contributed by atoms with Gasteiger partial charge in [0.15, 0.2) is 6.61 Å². The van der Waals surface area contributed by atoms with E-state index in [-0.39, 0.29) is 18.3 Å². The van der Waals surface area contributed by atoms with E-state index in [0.717, 1.165) is 23.4 Å². The molecular formula is C19H19N5O3. The molecule has 1 amide bonds. The molecule has 0 bridgehead atoms. The Morgan fingerprint density at radius 3 is 2.74 bits per heavy atom. The van der Waals surface area contributed by atoms with Gasteiger partial charge in [0.2, 0.25) is 0 Å². The van der Waals surface area contributed by atoms with Gasteiger partial charge in [-0.1, -0.05) is 24.3 Å². The number of amides is 1. The summed E-state index contributed by atoms with van der Waals surface area (Å²) in [4.78, 5) is 34.7. The Balaban J connectivity index is 1.41. The Labute approximate surface area is 155 Å². The van der Waals surface area contributed by atoms with Crippen LogP contribution in [-0.4, -0.2) is 49.5 Å². The summed E-state index contributed by atoms with van der Waals surface area (Å²) in [6.45, 7) is 4.50. The van der Waals surface area contributed by atoms with Gasteiger partial charge >= 0.3 is 5.97 Å². The highest BCUT2D eigenvalue weighted by molar-refractivity contribution is 5.88. The van der Waals surface area contributed by atoms with Crippen molar-refractivity contribution in [3.8, 4) is 0 Å². The number of hydrogen-bond acceptors (Lipinski definition) is 6. The third kappa shape index (κ3) is 3.38. The van der Waals surface area contributed by atoms with Crippen molar-refractivity contribution in [1.82, 2.24) is 24.5 Å². The summed E-state index contributed by atoms with van der Waals surface area (Å²) in [6, 6.07) is 9.88. The van der Waals surface area contributed by atoms with E-state index in [1.807, 2.05) is 38.1 Å². The number of aromatic nitrogens is 4. The molecule has 27 heavy (non-hydrogen) atoms. The molecule has 1 aliphatic rings. The predicted molar refractivity (Wildman–Crippen MR) is 96.1 cm³/mol. The van der Waals surface area contributed by atoms with E-state index in [1.54, 1.807) is 4.90 Å². The monoisotopic (exact) mass is 365 g/mol. The lowest BCUT2D eigenvalue weighted by atomic mass is 10.00. The first kappa shape index (κ1) is 17.1. The first-order chi connectivity index (χ1) is 13.0. The van der Waals surface area contributed by atoms with Gasteiger partial charge in [0.05, 0.1) is 0 Å². The van der Waals surface area contributed by atoms with E-state index in [0.29, 0.717) is 18.9 Å². The molecule has 3 heterocycles. The van der Waals surface area contributed by atoms with Gasteiger partial charge in [-0.2, -0.15) is 4.98 Å². The Bertz CT molecular complexity index is 1040. The second-order valence-corrected chi connectivity index (χ2v) is 6.60. The van der Waals surface area contributed by atoms with Gasteiger partial charge in [-0.05, 0) is 37.5 Å². The summed E-state index contributed by atoms with van der Waals surface area (Å²) >= 11 is 0. The van der Waals surface area contributed by atoms with Gasteiger partial charge in [0.1, 0.15) is 0 Å². The molecule has 1 aromatic carbocycles. The van der Waals surface area contributed by atoms with Crippen LogP contribution in [0.3, 0.4) is 0 Å². The van der Waals surface area contributed by atoms with Crippen molar-refractivity contribution in [2.45, 2.75) is 26.8 Å². The summed E-state index contributed by atoms with van der Waals surface area (Å²) in [5, 5.41) is 4.12. The Morgan fingerprint density at radius 2 is 1.93 bits per heavy atom. The zero-order chi connectivity index (χ0) is 19.0. The van der Waals surface area contributed by atoms with E-state index in [2.05, 4.69) is 21.1 Å². The van der Waals surface area contributed by atoms with Crippen LogP contribution in [0, 0.1) is 13.8 Å². The zero-order valence-electron chi connectivity index (χ0n) is 15.2. The van der Waals surface area contributed by atoms with Crippen LogP contribution in [0.25, 0.3) is 5.78 Å². The van der Waals surface area contributed by atoms with E-state index in [9.17, 15) is 9.59 Å². The third-order valence-electron chi connectivity index (χ3n) is 4.61. The van der Waals surface area contributed by atoms with Crippen LogP contribution >= 0.6 is 0 Å². The van der Waals surface area contributed by atoms with Crippen molar-refractivity contribution in [2.24, 2.45) is 0 Å². The van der Waals surface area contributed by atoms with Crippen molar-refractivity contribution in [1.29, 1.82) is 0 Å². The SMILES string of the molecule is Cc1cc(C)n2nc(C(=O)OCC(=O)N3CCc4ccccc4C3)nc2n1. The Morgan fingerprint density at radius 1 is 1.15 bits per heavy atom. The topological polar surface area (TPSA) is 89.7 Å². The van der Waals surface area contributed by atoms with E-state index >= 15 is 0 Å². The van der Waals surface area contributed by atoms with Crippen molar-refractivity contribution in [3.05, 3.63) is 58.7 Å². The molecule has 4 rings (SSSR count). The molecule has 3 aromatic rings. The number of ether oxygens (including phenoxy) is 1. The van der Waals surface area contributed by atoms with Crippen molar-refractivity contribution < 1.29 is 14.3 Å². The minimum Gasteiger partial charge on any atom is -0.450 e. The molecule has 0 aliphatic carbocycles. The second kappa shape index (κ2) is 6.79. The predicted octanol–water partition coefficient (Wildman–Crippen LogP) is 1.48. The van der Waals surface area contributed by atoms with Crippen LogP contribution in [0.1, 0.15) is 33.1 Å². The molecule has 138 valence electrons. The van der Waals surface area contributed by atoms with Crippen molar-refractivity contribution >= 4 is 17.7 Å². The number of nitrogens with zero attached hydrogens (tertiary/aromatic N) is 5. The summed E-state index contributed by atoms with van der Waals surface area (Å²) in [6.07, 6.45) is 0.800. The molecule has 2 aromatic heterocycles. The first-order valence-electron chi connectivity index (χ1n) is 8.74. The Kier molecular flexibility index (Phi) is 4.31. The highest BCUT2D eigenvalue weighted by atomic mass is 16.5. The molecule has 0 N–H and O–H groups in total. The maximum absolute atomic E-state index is 12.4. The van der Waals surface area contributed by atoms with Gasteiger partial charge in [-0.3, -0.25) is 4.79 Å². The van der Waals surface area contributed by atoms with Crippen LogP contribution in [0.2, 0.25) is 0 Å². The molecule has 8 heteroatoms. The number of carbonyl (C=O) groups is 2. The number of carbonyl (C=O) groups excluding carboxylic acids is 2. The average molecular weight is 365 g/mol. The molecule has 1 aliphatic heterocycles. The molecule has 0 radical (unpaired) electrons. The van der Waals surface area contributed by atoms with Crippen molar-refractivity contribution in [3.63, 3.8) is 0 Å². The van der Waals surface area contributed by atoms with Crippen LogP contribution in [0.4, 0.5) is 0 Å². The highest BCUT2D eigenvalue weighted by Crippen LogP contribution is 2.18. The summed E-state index contributed by atoms with van der Waals surface area (Å²) in [5.41, 5.74) is 3.98. The maximum atomic E-state index is 12.4. The van der Waals surface area contributed by atoms with E-state index < -0.39 is 5.97 Å². The third-order valence-corrected chi connectivity index (χ3v) is 4.61. The number of hydrogen-bond donors (Lipinski definition) is 0. The minimum atomic E-state index is -0.733. The zero-order valence-corrected chi connectivity index (χ0v) is 15.2. The molecule has 0 saturated heterocycles. The van der Waals surface area contributed by atoms with E-state index in [4.69, 9.17) is 4.74 Å². The highest BCUT2D eigenvalue weighted by Gasteiger charge is 2.23. The summed E-state index contributed by atoms with van der Waals surface area (Å²) in [5.74, 6) is -0.735. The molecule has 0 spiro atoms. The average Bonchev–Trinajstić information content (AvgIpc) is 3.10. The summed E-state index contributed by atoms with van der Waals surface area (Å²) < 4.78 is 6.61. The number of aryl methyl sites for hydroxylation is 2. The lowest BCUT2D eigenvalue weighted by Crippen LogP contribution is -2.38. The quantitative estimate of drug-likeness (QED) is 0.653. The van der Waals surface area contributed by atoms with Crippen LogP contribution in [0.15, 0.2) is 30.3 Å². The minimum absolute atomic E-state index is 0.104. The van der Waals surface area contributed by atoms with Gasteiger partial charge < -0.3 is 9.64 Å². The second-order valence-electron chi connectivity index (χ2n) is 6.60. The summed E-state index contributed by atoms with van der Waals surface area (Å²) in [7, 11) is 0. The molecular weight excluding hydrogens is 346 g/mol. The first-order valence-corrected chi connectivity index (χ1v) is 8.74. The fourth-order valence-corrected chi connectivity index (χ4v) is 3.24. The number of esters is 1. The van der Waals surface area contributed by atoms with E-state index in [1.165, 1.54) is 10.1 Å². The van der Waals surface area contributed by atoms with Crippen LogP contribution in [0.5, 0.6) is 0 Å². The normalized spacial score (nSPS) is 13.5. The van der Waals surface area contributed by atoms with Crippen molar-refractivity contribution in [2.75, 3.05) is 13.2 Å². The maximum Gasteiger partial charge on any atom is 0.378 e. The van der Waals surface area contributed by atoms with Gasteiger partial charge in [0, 0.05) is 24.5 Å². The van der Waals surface area contributed by atoms with Gasteiger partial charge in [-0.15, -0.1) is 5.10 Å². The molecule has 8 nitrogen and oxygen atoms in total. The number of benzene rings is 1. The number of fused-ring (bicyclic) bond motifs is 2. The lowest BCUT2D eigenvalue weighted by Gasteiger charge is -2.28. The fourth-order valence-electron chi connectivity index (χ4n) is 3.24. The molecule has 0 fully saturated rings. The van der Waals surface area contributed by atoms with Gasteiger partial charge in [-0.25, -0.2) is 14.3 Å². The molecule has 0 atom stereocenters. The van der Waals surface area contributed by atoms with Crippen LogP contribution < -0.4 is 0 Å². The smallest absolute Gasteiger partial charge is 0.378 e. The molecule has 0 saturated carbocycles. The lowest BCUT2D eigenvalue weighted by molar-refractivity contribution is -0.135. The fraction of sp³-hybridized carbons (Fsp3) is 0.316. The molecule has 0 unspecified atom stereocenters. The van der Waals surface area contributed by atoms with Crippen LogP contribution in [-0.2, 0) is 22.5 Å². The standard InChI is InChI=1S/C19H19N5O3/c1-12-9-13(2)24-19(20-12)21-17(22-24)18(26)27-11-16(25)23-8-7-14-5-3-4-6-15(14)10-23/h3-6,9H,7-8,10-11H2,1-2H3.